The molecule has 0 aromatic heterocycles. The fourth-order valence-corrected chi connectivity index (χ4v) is 2.27. The van der Waals surface area contributed by atoms with Crippen molar-refractivity contribution in [1.29, 1.82) is 0 Å². The van der Waals surface area contributed by atoms with Crippen molar-refractivity contribution in [2.75, 3.05) is 14.2 Å². The molecule has 0 unspecified atom stereocenters. The number of hydrogen-bond donors (Lipinski definition) is 0. The molecular weight excluding hydrogens is 411 g/mol. The Bertz CT molecular complexity index is 980. The number of nitrogens with zero attached hydrogens (tertiary/aromatic N) is 1. The smallest absolute Gasteiger partial charge is 0.416 e. The van der Waals surface area contributed by atoms with Gasteiger partial charge >= 0.3 is 23.8 Å². The van der Waals surface area contributed by atoms with Crippen molar-refractivity contribution in [3.63, 3.8) is 0 Å². The first-order valence-corrected chi connectivity index (χ1v) is 8.08. The van der Waals surface area contributed by atoms with Gasteiger partial charge in [0.2, 0.25) is 5.75 Å². The standard InChI is InChI=1S/C19H14F3NO7/c1-28-17(24)14(18(25)29-2)9-11-3-6-13(7-4-11)30-16-8-5-12(19(20,21)22)10-15(16)23(26)27/h3-10H,1-2H3. The van der Waals surface area contributed by atoms with E-state index in [1.54, 1.807) is 0 Å². The van der Waals surface area contributed by atoms with Gasteiger partial charge in [0, 0.05) is 6.07 Å². The van der Waals surface area contributed by atoms with Crippen LogP contribution < -0.4 is 4.74 Å². The average molecular weight is 425 g/mol. The largest absolute Gasteiger partial charge is 0.465 e. The van der Waals surface area contributed by atoms with E-state index >= 15 is 0 Å². The molecular formula is C19H14F3NO7. The van der Waals surface area contributed by atoms with Crippen molar-refractivity contribution in [3.8, 4) is 11.5 Å². The van der Waals surface area contributed by atoms with Gasteiger partial charge in [-0.2, -0.15) is 13.2 Å². The minimum atomic E-state index is -4.74. The minimum Gasteiger partial charge on any atom is -0.465 e. The van der Waals surface area contributed by atoms with E-state index in [-0.39, 0.29) is 17.1 Å². The predicted molar refractivity (Wildman–Crippen MR) is 96.6 cm³/mol. The van der Waals surface area contributed by atoms with E-state index in [1.165, 1.54) is 30.3 Å². The Hall–Kier alpha value is -3.89. The summed E-state index contributed by atoms with van der Waals surface area (Å²) in [5.41, 5.74) is -2.03. The summed E-state index contributed by atoms with van der Waals surface area (Å²) in [4.78, 5) is 33.5. The fraction of sp³-hybridized carbons (Fsp3) is 0.158. The molecule has 2 aromatic rings. The van der Waals surface area contributed by atoms with E-state index in [4.69, 9.17) is 4.74 Å². The number of carbonyl (C=O) groups excluding carboxylic acids is 2. The number of methoxy groups -OCH3 is 2. The highest BCUT2D eigenvalue weighted by molar-refractivity contribution is 6.17. The maximum atomic E-state index is 12.8. The summed E-state index contributed by atoms with van der Waals surface area (Å²) in [7, 11) is 2.18. The number of ether oxygens (including phenoxy) is 3. The van der Waals surface area contributed by atoms with Gasteiger partial charge in [-0.1, -0.05) is 12.1 Å². The zero-order chi connectivity index (χ0) is 22.5. The third-order valence-electron chi connectivity index (χ3n) is 3.71. The average Bonchev–Trinajstić information content (AvgIpc) is 2.71. The molecule has 0 bridgehead atoms. The number of halogens is 3. The molecule has 0 aliphatic carbocycles. The summed E-state index contributed by atoms with van der Waals surface area (Å²) in [5.74, 6) is -2.14. The molecule has 0 N–H and O–H groups in total. The maximum Gasteiger partial charge on any atom is 0.416 e. The van der Waals surface area contributed by atoms with Crippen LogP contribution in [-0.2, 0) is 25.2 Å². The van der Waals surface area contributed by atoms with Gasteiger partial charge in [0.05, 0.1) is 24.7 Å². The molecule has 0 heterocycles. The van der Waals surface area contributed by atoms with Crippen LogP contribution in [0.15, 0.2) is 48.0 Å². The van der Waals surface area contributed by atoms with E-state index in [0.717, 1.165) is 20.3 Å². The van der Waals surface area contributed by atoms with Crippen LogP contribution >= 0.6 is 0 Å². The van der Waals surface area contributed by atoms with Gasteiger partial charge in [0.1, 0.15) is 11.3 Å². The van der Waals surface area contributed by atoms with Crippen molar-refractivity contribution in [1.82, 2.24) is 0 Å². The van der Waals surface area contributed by atoms with Gasteiger partial charge in [0.15, 0.2) is 0 Å². The van der Waals surface area contributed by atoms with Crippen molar-refractivity contribution in [2.24, 2.45) is 0 Å². The molecule has 0 saturated carbocycles. The number of benzene rings is 2. The molecule has 11 heteroatoms. The van der Waals surface area contributed by atoms with Crippen LogP contribution in [0.1, 0.15) is 11.1 Å². The SMILES string of the molecule is COC(=O)C(=Cc1ccc(Oc2ccc(C(F)(F)F)cc2[N+](=O)[O-])cc1)C(=O)OC. The topological polar surface area (TPSA) is 105 Å². The normalized spacial score (nSPS) is 10.7. The van der Waals surface area contributed by atoms with Gasteiger partial charge in [-0.3, -0.25) is 10.1 Å². The Morgan fingerprint density at radius 1 is 1.00 bits per heavy atom. The molecule has 0 aliphatic heterocycles. The lowest BCUT2D eigenvalue weighted by Gasteiger charge is -2.10. The lowest BCUT2D eigenvalue weighted by atomic mass is 10.1. The predicted octanol–water partition coefficient (Wildman–Crippen LogP) is 4.14. The molecule has 0 aliphatic rings. The van der Waals surface area contributed by atoms with Crippen LogP contribution in [0.4, 0.5) is 18.9 Å². The van der Waals surface area contributed by atoms with E-state index in [9.17, 15) is 32.9 Å². The van der Waals surface area contributed by atoms with Crippen molar-refractivity contribution < 1.29 is 41.9 Å². The molecule has 0 fully saturated rings. The Morgan fingerprint density at radius 3 is 2.03 bits per heavy atom. The zero-order valence-corrected chi connectivity index (χ0v) is 15.6. The first-order chi connectivity index (χ1) is 14.1. The van der Waals surface area contributed by atoms with E-state index < -0.39 is 34.3 Å². The summed E-state index contributed by atoms with van der Waals surface area (Å²) >= 11 is 0. The van der Waals surface area contributed by atoms with Gasteiger partial charge in [-0.25, -0.2) is 9.59 Å². The Balaban J connectivity index is 2.32. The molecule has 2 aromatic carbocycles. The Kier molecular flexibility index (Phi) is 6.77. The quantitative estimate of drug-likeness (QED) is 0.171. The lowest BCUT2D eigenvalue weighted by molar-refractivity contribution is -0.385. The van der Waals surface area contributed by atoms with Crippen LogP contribution in [0.3, 0.4) is 0 Å². The van der Waals surface area contributed by atoms with Crippen LogP contribution in [0, 0.1) is 10.1 Å². The maximum absolute atomic E-state index is 12.8. The molecule has 0 radical (unpaired) electrons. The van der Waals surface area contributed by atoms with Crippen LogP contribution in [0.5, 0.6) is 11.5 Å². The zero-order valence-electron chi connectivity index (χ0n) is 15.6. The summed E-state index contributed by atoms with van der Waals surface area (Å²) in [6.45, 7) is 0. The summed E-state index contributed by atoms with van der Waals surface area (Å²) in [5, 5.41) is 11.1. The molecule has 0 atom stereocenters. The Labute approximate surface area is 167 Å². The highest BCUT2D eigenvalue weighted by Gasteiger charge is 2.33. The number of carbonyl (C=O) groups is 2. The molecule has 158 valence electrons. The highest BCUT2D eigenvalue weighted by Crippen LogP contribution is 2.37. The summed E-state index contributed by atoms with van der Waals surface area (Å²) in [6.07, 6.45) is -3.55. The number of nitro groups is 1. The first-order valence-electron chi connectivity index (χ1n) is 8.08. The second kappa shape index (κ2) is 9.07. The molecule has 0 saturated heterocycles. The van der Waals surface area contributed by atoms with Gasteiger partial charge in [-0.05, 0) is 35.9 Å². The lowest BCUT2D eigenvalue weighted by Crippen LogP contribution is -2.15. The first kappa shape index (κ1) is 22.4. The number of esters is 2. The summed E-state index contributed by atoms with van der Waals surface area (Å²) in [6, 6.07) is 7.42. The number of rotatable bonds is 6. The Morgan fingerprint density at radius 2 is 1.57 bits per heavy atom. The van der Waals surface area contributed by atoms with Crippen molar-refractivity contribution >= 4 is 23.7 Å². The van der Waals surface area contributed by atoms with Crippen LogP contribution in [0.2, 0.25) is 0 Å². The van der Waals surface area contributed by atoms with Crippen LogP contribution in [0.25, 0.3) is 6.08 Å². The number of alkyl halides is 3. The summed E-state index contributed by atoms with van der Waals surface area (Å²) < 4.78 is 52.6. The third-order valence-corrected chi connectivity index (χ3v) is 3.71. The molecule has 0 amide bonds. The minimum absolute atomic E-state index is 0.0766. The van der Waals surface area contributed by atoms with Crippen LogP contribution in [-0.4, -0.2) is 31.1 Å². The second-order valence-electron chi connectivity index (χ2n) is 5.65. The third kappa shape index (κ3) is 5.34. The second-order valence-corrected chi connectivity index (χ2v) is 5.65. The number of nitro benzene ring substituents is 1. The fourth-order valence-electron chi connectivity index (χ4n) is 2.27. The number of hydrogen-bond acceptors (Lipinski definition) is 7. The van der Waals surface area contributed by atoms with Gasteiger partial charge in [-0.15, -0.1) is 0 Å². The molecule has 8 nitrogen and oxygen atoms in total. The molecule has 2 rings (SSSR count). The van der Waals surface area contributed by atoms with E-state index in [1.807, 2.05) is 0 Å². The van der Waals surface area contributed by atoms with Crippen molar-refractivity contribution in [2.45, 2.75) is 6.18 Å². The molecule has 0 spiro atoms. The molecule has 30 heavy (non-hydrogen) atoms. The van der Waals surface area contributed by atoms with E-state index in [0.29, 0.717) is 17.7 Å². The monoisotopic (exact) mass is 425 g/mol. The van der Waals surface area contributed by atoms with E-state index in [2.05, 4.69) is 9.47 Å². The van der Waals surface area contributed by atoms with Gasteiger partial charge < -0.3 is 14.2 Å². The van der Waals surface area contributed by atoms with Gasteiger partial charge in [0.25, 0.3) is 0 Å². The van der Waals surface area contributed by atoms with Crippen molar-refractivity contribution in [3.05, 3.63) is 69.3 Å². The highest BCUT2D eigenvalue weighted by atomic mass is 19.4.